The van der Waals surface area contributed by atoms with Crippen LogP contribution in [-0.2, 0) is 11.2 Å². The van der Waals surface area contributed by atoms with E-state index in [1.165, 1.54) is 17.5 Å². The zero-order chi connectivity index (χ0) is 12.5. The molecule has 2 heterocycles. The maximum atomic E-state index is 6.38. The molecule has 3 rings (SSSR count). The molecule has 18 heavy (non-hydrogen) atoms. The number of rotatable bonds is 2. The molecule has 3 nitrogen and oxygen atoms in total. The smallest absolute Gasteiger partial charge is 0.123 e. The monoisotopic (exact) mass is 247 g/mol. The summed E-state index contributed by atoms with van der Waals surface area (Å²) in [6.45, 7) is 3.79. The van der Waals surface area contributed by atoms with Gasteiger partial charge in [-0.3, -0.25) is 0 Å². The molecule has 1 aromatic rings. The van der Waals surface area contributed by atoms with Crippen LogP contribution in [0.3, 0.4) is 0 Å². The third-order valence-electron chi connectivity index (χ3n) is 4.01. The highest BCUT2D eigenvalue weighted by atomic mass is 16.5. The molecule has 3 unspecified atom stereocenters. The fourth-order valence-corrected chi connectivity index (χ4v) is 2.97. The van der Waals surface area contributed by atoms with Gasteiger partial charge in [-0.2, -0.15) is 0 Å². The Bertz CT molecular complexity index is 427. The molecule has 0 bridgehead atoms. The zero-order valence-corrected chi connectivity index (χ0v) is 10.9. The molecule has 2 N–H and O–H groups in total. The summed E-state index contributed by atoms with van der Waals surface area (Å²) >= 11 is 0. The molecular formula is C15H21NO2. The van der Waals surface area contributed by atoms with E-state index in [1.54, 1.807) is 0 Å². The van der Waals surface area contributed by atoms with E-state index < -0.39 is 0 Å². The Kier molecular flexibility index (Phi) is 3.27. The van der Waals surface area contributed by atoms with E-state index in [1.807, 2.05) is 0 Å². The summed E-state index contributed by atoms with van der Waals surface area (Å²) in [6.07, 6.45) is 3.59. The molecule has 0 spiro atoms. The summed E-state index contributed by atoms with van der Waals surface area (Å²) in [6, 6.07) is 6.48. The molecule has 1 saturated heterocycles. The van der Waals surface area contributed by atoms with Crippen molar-refractivity contribution >= 4 is 0 Å². The summed E-state index contributed by atoms with van der Waals surface area (Å²) in [5, 5.41) is 0. The van der Waals surface area contributed by atoms with Gasteiger partial charge in [0.2, 0.25) is 0 Å². The van der Waals surface area contributed by atoms with Gasteiger partial charge in [0.25, 0.3) is 0 Å². The molecule has 0 amide bonds. The van der Waals surface area contributed by atoms with Gasteiger partial charge >= 0.3 is 0 Å². The van der Waals surface area contributed by atoms with Crippen LogP contribution >= 0.6 is 0 Å². The third-order valence-corrected chi connectivity index (χ3v) is 4.01. The first-order chi connectivity index (χ1) is 8.74. The van der Waals surface area contributed by atoms with E-state index in [0.29, 0.717) is 12.0 Å². The Hall–Kier alpha value is -1.06. The van der Waals surface area contributed by atoms with E-state index in [-0.39, 0.29) is 6.04 Å². The van der Waals surface area contributed by atoms with Crippen LogP contribution in [-0.4, -0.2) is 19.3 Å². The van der Waals surface area contributed by atoms with E-state index in [4.69, 9.17) is 15.2 Å². The lowest BCUT2D eigenvalue weighted by atomic mass is 9.88. The molecule has 3 heteroatoms. The molecule has 0 radical (unpaired) electrons. The van der Waals surface area contributed by atoms with Gasteiger partial charge in [-0.15, -0.1) is 0 Å². The van der Waals surface area contributed by atoms with Gasteiger partial charge in [0.05, 0.1) is 6.61 Å². The summed E-state index contributed by atoms with van der Waals surface area (Å²) < 4.78 is 11.3. The number of ether oxygens (including phenoxy) is 2. The minimum absolute atomic E-state index is 0.0894. The fraction of sp³-hybridized carbons (Fsp3) is 0.600. The molecule has 1 aromatic carbocycles. The Balaban J connectivity index is 1.78. The van der Waals surface area contributed by atoms with Crippen molar-refractivity contribution in [1.82, 2.24) is 0 Å². The number of hydrogen-bond donors (Lipinski definition) is 1. The van der Waals surface area contributed by atoms with Crippen LogP contribution in [0.15, 0.2) is 18.2 Å². The van der Waals surface area contributed by atoms with Crippen molar-refractivity contribution < 1.29 is 9.47 Å². The first kappa shape index (κ1) is 12.0. The number of hydrogen-bond acceptors (Lipinski definition) is 3. The SMILES string of the molecule is CC1Cc2cc(C(N)C3CCCOC3)ccc2O1. The number of nitrogens with two attached hydrogens (primary N) is 1. The van der Waals surface area contributed by atoms with Crippen LogP contribution in [0.4, 0.5) is 0 Å². The summed E-state index contributed by atoms with van der Waals surface area (Å²) in [4.78, 5) is 0. The van der Waals surface area contributed by atoms with Gasteiger partial charge in [0, 0.05) is 25.0 Å². The van der Waals surface area contributed by atoms with E-state index in [9.17, 15) is 0 Å². The van der Waals surface area contributed by atoms with Crippen LogP contribution in [0, 0.1) is 5.92 Å². The molecule has 2 aliphatic rings. The van der Waals surface area contributed by atoms with Gasteiger partial charge in [-0.05, 0) is 37.0 Å². The molecule has 3 atom stereocenters. The Morgan fingerprint density at radius 2 is 2.28 bits per heavy atom. The molecule has 2 aliphatic heterocycles. The highest BCUT2D eigenvalue weighted by Gasteiger charge is 2.25. The second kappa shape index (κ2) is 4.90. The lowest BCUT2D eigenvalue weighted by Gasteiger charge is -2.28. The minimum Gasteiger partial charge on any atom is -0.490 e. The van der Waals surface area contributed by atoms with Crippen LogP contribution < -0.4 is 10.5 Å². The van der Waals surface area contributed by atoms with E-state index in [0.717, 1.165) is 31.8 Å². The Morgan fingerprint density at radius 1 is 1.39 bits per heavy atom. The average Bonchev–Trinajstić information content (AvgIpc) is 2.78. The van der Waals surface area contributed by atoms with Crippen molar-refractivity contribution in [3.05, 3.63) is 29.3 Å². The maximum absolute atomic E-state index is 6.38. The quantitative estimate of drug-likeness (QED) is 0.873. The van der Waals surface area contributed by atoms with Gasteiger partial charge in [0.1, 0.15) is 11.9 Å². The fourth-order valence-electron chi connectivity index (χ4n) is 2.97. The third kappa shape index (κ3) is 2.25. The van der Waals surface area contributed by atoms with Gasteiger partial charge in [-0.1, -0.05) is 12.1 Å². The standard InChI is InChI=1S/C15H21NO2/c1-10-7-13-8-11(4-5-14(13)18-10)15(16)12-3-2-6-17-9-12/h4-5,8,10,12,15H,2-3,6-7,9,16H2,1H3. The summed E-state index contributed by atoms with van der Waals surface area (Å²) in [7, 11) is 0. The molecule has 0 saturated carbocycles. The summed E-state index contributed by atoms with van der Waals surface area (Å²) in [5.74, 6) is 1.48. The molecular weight excluding hydrogens is 226 g/mol. The zero-order valence-electron chi connectivity index (χ0n) is 10.9. The van der Waals surface area contributed by atoms with Crippen molar-refractivity contribution in [2.75, 3.05) is 13.2 Å². The Labute approximate surface area is 108 Å². The van der Waals surface area contributed by atoms with Crippen molar-refractivity contribution in [3.8, 4) is 5.75 Å². The van der Waals surface area contributed by atoms with Crippen LogP contribution in [0.5, 0.6) is 5.75 Å². The Morgan fingerprint density at radius 3 is 3.06 bits per heavy atom. The highest BCUT2D eigenvalue weighted by molar-refractivity contribution is 5.41. The largest absolute Gasteiger partial charge is 0.490 e. The van der Waals surface area contributed by atoms with Crippen LogP contribution in [0.1, 0.15) is 36.9 Å². The maximum Gasteiger partial charge on any atom is 0.123 e. The second-order valence-corrected chi connectivity index (χ2v) is 5.50. The predicted octanol–water partition coefficient (Wildman–Crippen LogP) is 2.44. The molecule has 0 aromatic heterocycles. The van der Waals surface area contributed by atoms with Crippen molar-refractivity contribution in [1.29, 1.82) is 0 Å². The first-order valence-corrected chi connectivity index (χ1v) is 6.87. The van der Waals surface area contributed by atoms with Gasteiger partial charge in [-0.25, -0.2) is 0 Å². The topological polar surface area (TPSA) is 44.5 Å². The minimum atomic E-state index is 0.0894. The lowest BCUT2D eigenvalue weighted by molar-refractivity contribution is 0.0447. The average molecular weight is 247 g/mol. The molecule has 0 aliphatic carbocycles. The second-order valence-electron chi connectivity index (χ2n) is 5.50. The first-order valence-electron chi connectivity index (χ1n) is 6.87. The predicted molar refractivity (Wildman–Crippen MR) is 70.7 cm³/mol. The van der Waals surface area contributed by atoms with Crippen LogP contribution in [0.2, 0.25) is 0 Å². The van der Waals surface area contributed by atoms with Gasteiger partial charge in [0.15, 0.2) is 0 Å². The van der Waals surface area contributed by atoms with E-state index >= 15 is 0 Å². The number of benzene rings is 1. The molecule has 1 fully saturated rings. The van der Waals surface area contributed by atoms with Crippen molar-refractivity contribution in [2.45, 2.75) is 38.3 Å². The molecule has 98 valence electrons. The highest BCUT2D eigenvalue weighted by Crippen LogP contribution is 2.33. The number of fused-ring (bicyclic) bond motifs is 1. The summed E-state index contributed by atoms with van der Waals surface area (Å²) in [5.41, 5.74) is 8.90. The normalized spacial score (nSPS) is 28.6. The van der Waals surface area contributed by atoms with Gasteiger partial charge < -0.3 is 15.2 Å². The lowest BCUT2D eigenvalue weighted by Crippen LogP contribution is -2.29. The van der Waals surface area contributed by atoms with E-state index in [2.05, 4.69) is 25.1 Å². The van der Waals surface area contributed by atoms with Crippen LogP contribution in [0.25, 0.3) is 0 Å². The van der Waals surface area contributed by atoms with Crippen molar-refractivity contribution in [2.24, 2.45) is 11.7 Å². The van der Waals surface area contributed by atoms with Crippen molar-refractivity contribution in [3.63, 3.8) is 0 Å².